The first-order valence-electron chi connectivity index (χ1n) is 17.3. The highest BCUT2D eigenvalue weighted by molar-refractivity contribution is 9.11. The van der Waals surface area contributed by atoms with Crippen molar-refractivity contribution in [3.8, 4) is 0 Å². The molecule has 310 valence electrons. The predicted molar refractivity (Wildman–Crippen MR) is 236 cm³/mol. The molecule has 0 bridgehead atoms. The van der Waals surface area contributed by atoms with Crippen LogP contribution in [-0.2, 0) is 20.2 Å². The van der Waals surface area contributed by atoms with Gasteiger partial charge in [0, 0.05) is 43.3 Å². The normalized spacial score (nSPS) is 12.2. The van der Waals surface area contributed by atoms with Gasteiger partial charge in [0.1, 0.15) is 21.2 Å². The lowest BCUT2D eigenvalue weighted by Crippen LogP contribution is -2.21. The summed E-state index contributed by atoms with van der Waals surface area (Å²) in [6, 6.07) is 13.2. The van der Waals surface area contributed by atoms with Crippen molar-refractivity contribution in [2.24, 2.45) is 20.5 Å². The highest BCUT2D eigenvalue weighted by atomic mass is 79.9. The molecular weight excluding hydrogens is 983 g/mol. The average molecular weight is 1020 g/mol. The second-order valence-electron chi connectivity index (χ2n) is 11.6. The molecule has 2 aromatic carbocycles. The van der Waals surface area contributed by atoms with Crippen molar-refractivity contribution in [3.63, 3.8) is 0 Å². The molecule has 5 aromatic rings. The van der Waals surface area contributed by atoms with Crippen LogP contribution >= 0.6 is 66.3 Å². The van der Waals surface area contributed by atoms with Gasteiger partial charge in [0.05, 0.1) is 25.6 Å². The van der Waals surface area contributed by atoms with Crippen molar-refractivity contribution in [3.05, 3.63) is 56.1 Å². The Morgan fingerprint density at radius 3 is 1.45 bits per heavy atom. The molecule has 0 aliphatic rings. The Labute approximate surface area is 364 Å². The van der Waals surface area contributed by atoms with Gasteiger partial charge in [-0.3, -0.25) is 9.11 Å². The molecule has 3 aromatic heterocycles. The second-order valence-corrected chi connectivity index (χ2v) is 20.3. The van der Waals surface area contributed by atoms with Crippen molar-refractivity contribution in [2.75, 3.05) is 59.0 Å². The van der Waals surface area contributed by atoms with Crippen LogP contribution in [0.4, 0.5) is 56.0 Å². The zero-order valence-electron chi connectivity index (χ0n) is 31.2. The van der Waals surface area contributed by atoms with Crippen LogP contribution in [0.1, 0.15) is 27.7 Å². The van der Waals surface area contributed by atoms with E-state index in [0.29, 0.717) is 56.5 Å². The lowest BCUT2D eigenvalue weighted by Gasteiger charge is -2.22. The smallest absolute Gasteiger partial charge is 0.297 e. The van der Waals surface area contributed by atoms with E-state index < -0.39 is 30.0 Å². The molecule has 18 nitrogen and oxygen atoms in total. The minimum atomic E-state index is -4.58. The second kappa shape index (κ2) is 20.1. The molecule has 0 saturated carbocycles. The van der Waals surface area contributed by atoms with Crippen molar-refractivity contribution >= 4 is 143 Å². The van der Waals surface area contributed by atoms with Gasteiger partial charge in [-0.2, -0.15) is 31.8 Å². The molecule has 0 unspecified atom stereocenters. The summed E-state index contributed by atoms with van der Waals surface area (Å²) in [4.78, 5) is 17.2. The SMILES string of the molecule is CCN(CC)c1ccc(N=Nc2sc(Br)cc2S(=O)(=O)O)c(Nc2nc(Nc3cc(N(CC)CC)ccc3N=Nc3sc(Br)cc3S(=O)(=O)O)nc(SCCO)n2)c1. The number of benzene rings is 2. The summed E-state index contributed by atoms with van der Waals surface area (Å²) in [7, 11) is -9.17. The van der Waals surface area contributed by atoms with E-state index in [1.54, 1.807) is 12.1 Å². The third-order valence-electron chi connectivity index (χ3n) is 8.00. The maximum Gasteiger partial charge on any atom is 0.297 e. The summed E-state index contributed by atoms with van der Waals surface area (Å²) in [6.45, 7) is 10.7. The third-order valence-corrected chi connectivity index (χ3v) is 13.9. The first-order chi connectivity index (χ1) is 27.6. The van der Waals surface area contributed by atoms with Crippen molar-refractivity contribution in [2.45, 2.75) is 42.6 Å². The van der Waals surface area contributed by atoms with E-state index in [4.69, 9.17) is 0 Å². The molecule has 25 heteroatoms. The number of nitrogens with zero attached hydrogens (tertiary/aromatic N) is 9. The molecule has 58 heavy (non-hydrogen) atoms. The molecule has 0 aliphatic heterocycles. The van der Waals surface area contributed by atoms with Crippen LogP contribution in [0, 0.1) is 0 Å². The first kappa shape index (κ1) is 45.4. The number of hydrogen-bond donors (Lipinski definition) is 5. The Hall–Kier alpha value is -3.66. The van der Waals surface area contributed by atoms with Crippen molar-refractivity contribution in [1.29, 1.82) is 0 Å². The minimum Gasteiger partial charge on any atom is -0.396 e. The number of aliphatic hydroxyl groups is 1. The Morgan fingerprint density at radius 1 is 0.672 bits per heavy atom. The Balaban J connectivity index is 1.60. The minimum absolute atomic E-state index is 0.0386. The largest absolute Gasteiger partial charge is 0.396 e. The fraction of sp³-hybridized carbons (Fsp3) is 0.303. The number of thiophene rings is 2. The van der Waals surface area contributed by atoms with E-state index in [1.165, 1.54) is 23.9 Å². The fourth-order valence-electron chi connectivity index (χ4n) is 5.29. The molecule has 0 amide bonds. The summed E-state index contributed by atoms with van der Waals surface area (Å²) in [5, 5.41) is 33.3. The van der Waals surface area contributed by atoms with Crippen LogP contribution in [0.3, 0.4) is 0 Å². The van der Waals surface area contributed by atoms with E-state index in [2.05, 4.69) is 87.7 Å². The molecule has 0 spiro atoms. The summed E-state index contributed by atoms with van der Waals surface area (Å²) in [6.07, 6.45) is 0. The van der Waals surface area contributed by atoms with E-state index in [-0.39, 0.29) is 39.4 Å². The molecule has 0 radical (unpaired) electrons. The van der Waals surface area contributed by atoms with Crippen LogP contribution in [0.5, 0.6) is 0 Å². The van der Waals surface area contributed by atoms with Gasteiger partial charge in [0.15, 0.2) is 15.2 Å². The number of azo groups is 2. The number of rotatable bonds is 19. The van der Waals surface area contributed by atoms with E-state index >= 15 is 0 Å². The van der Waals surface area contributed by atoms with Crippen molar-refractivity contribution < 1.29 is 31.0 Å². The molecule has 0 saturated heterocycles. The number of aliphatic hydroxyl groups excluding tert-OH is 1. The third kappa shape index (κ3) is 11.8. The molecule has 5 N–H and O–H groups in total. The van der Waals surface area contributed by atoms with Crippen LogP contribution in [0.25, 0.3) is 0 Å². The zero-order valence-corrected chi connectivity index (χ0v) is 38.4. The fourth-order valence-corrected chi connectivity index (χ4v) is 10.8. The van der Waals surface area contributed by atoms with Gasteiger partial charge in [-0.15, -0.1) is 43.1 Å². The number of hydrogen-bond acceptors (Lipinski definition) is 19. The highest BCUT2D eigenvalue weighted by Gasteiger charge is 2.22. The number of aromatic nitrogens is 3. The predicted octanol–water partition coefficient (Wildman–Crippen LogP) is 10.1. The van der Waals surface area contributed by atoms with Crippen molar-refractivity contribution in [1.82, 2.24) is 15.0 Å². The lowest BCUT2D eigenvalue weighted by atomic mass is 10.2. The Bertz CT molecular complexity index is 2360. The summed E-state index contributed by atoms with van der Waals surface area (Å²) >= 11 is 9.61. The number of thioether (sulfide) groups is 1. The standard InChI is InChI=1S/C33H37Br2N11O7S5/c1-5-45(6-2)19-9-11-21(41-43-29-25(57(48,49)50)17-27(34)55-29)23(15-19)36-31-38-32(40-33(39-31)54-14-13-47)37-24-16-20(46(7-3)8-4)10-12-22(24)42-44-30-26(58(51,52)53)18-28(35)56-30/h9-12,15-18,47H,5-8,13-14H2,1-4H3,(H,48,49,50)(H,51,52,53)(H2,36,37,38,39,40). The van der Waals surface area contributed by atoms with Gasteiger partial charge in [-0.05, 0) is 108 Å². The first-order valence-corrected chi connectivity index (χ1v) is 24.3. The number of anilines is 6. The van der Waals surface area contributed by atoms with Crippen LogP contribution in [0.15, 0.2) is 91.5 Å². The van der Waals surface area contributed by atoms with E-state index in [1.807, 2.05) is 52.0 Å². The lowest BCUT2D eigenvalue weighted by molar-refractivity contribution is 0.322. The molecule has 0 atom stereocenters. The van der Waals surface area contributed by atoms with Gasteiger partial charge in [-0.25, -0.2) is 0 Å². The average Bonchev–Trinajstić information content (AvgIpc) is 3.76. The number of halogens is 2. The van der Waals surface area contributed by atoms with Gasteiger partial charge in [0.25, 0.3) is 20.2 Å². The summed E-state index contributed by atoms with van der Waals surface area (Å²) in [5.74, 6) is 0.427. The van der Waals surface area contributed by atoms with Crippen LogP contribution in [0.2, 0.25) is 0 Å². The maximum absolute atomic E-state index is 12.0. The zero-order chi connectivity index (χ0) is 42.2. The summed E-state index contributed by atoms with van der Waals surface area (Å²) in [5.41, 5.74) is 3.07. The topological polar surface area (TPSA) is 248 Å². The van der Waals surface area contributed by atoms with E-state index in [9.17, 15) is 31.0 Å². The molecular formula is C33H37Br2N11O7S5. The highest BCUT2D eigenvalue weighted by Crippen LogP contribution is 2.42. The molecule has 0 aliphatic carbocycles. The monoisotopic (exact) mass is 1020 g/mol. The van der Waals surface area contributed by atoms with Crippen LogP contribution in [-0.4, -0.2) is 84.5 Å². The van der Waals surface area contributed by atoms with Gasteiger partial charge >= 0.3 is 0 Å². The summed E-state index contributed by atoms with van der Waals surface area (Å²) < 4.78 is 68.5. The van der Waals surface area contributed by atoms with E-state index in [0.717, 1.165) is 34.0 Å². The number of nitrogens with one attached hydrogen (secondary N) is 2. The van der Waals surface area contributed by atoms with Crippen LogP contribution < -0.4 is 20.4 Å². The van der Waals surface area contributed by atoms with Gasteiger partial charge in [0.2, 0.25) is 11.9 Å². The molecule has 5 rings (SSSR count). The Morgan fingerprint density at radius 2 is 1.09 bits per heavy atom. The van der Waals surface area contributed by atoms with Gasteiger partial charge in [-0.1, -0.05) is 11.8 Å². The Kier molecular flexibility index (Phi) is 15.7. The van der Waals surface area contributed by atoms with Gasteiger partial charge < -0.3 is 25.5 Å². The quantitative estimate of drug-likeness (QED) is 0.0293. The maximum atomic E-state index is 12.0. The molecule has 3 heterocycles. The molecule has 0 fully saturated rings.